The molecule has 2 aromatic heterocycles. The summed E-state index contributed by atoms with van der Waals surface area (Å²) >= 11 is 0. The average Bonchev–Trinajstić information content (AvgIpc) is 3.42. The molecule has 158 valence electrons. The highest BCUT2D eigenvalue weighted by Crippen LogP contribution is 2.24. The number of carbonyl (C=O) groups is 1. The fourth-order valence-electron chi connectivity index (χ4n) is 4.36. The number of hydrogen-bond donors (Lipinski definition) is 0. The van der Waals surface area contributed by atoms with E-state index in [1.807, 2.05) is 64.9 Å². The molecule has 1 amide bonds. The van der Waals surface area contributed by atoms with E-state index in [4.69, 9.17) is 4.52 Å². The Morgan fingerprint density at radius 3 is 2.90 bits per heavy atom. The summed E-state index contributed by atoms with van der Waals surface area (Å²) in [7, 11) is 0. The van der Waals surface area contributed by atoms with Gasteiger partial charge >= 0.3 is 0 Å². The summed E-state index contributed by atoms with van der Waals surface area (Å²) in [6, 6.07) is 15.9. The number of aryl methyl sites for hydroxylation is 1. The van der Waals surface area contributed by atoms with Crippen LogP contribution >= 0.6 is 0 Å². The Bertz CT molecular complexity index is 1210. The minimum atomic E-state index is 0.124. The van der Waals surface area contributed by atoms with Crippen LogP contribution in [0.3, 0.4) is 0 Å². The second-order valence-corrected chi connectivity index (χ2v) is 8.24. The van der Waals surface area contributed by atoms with Crippen LogP contribution in [0, 0.1) is 12.8 Å². The maximum absolute atomic E-state index is 13.0. The van der Waals surface area contributed by atoms with E-state index >= 15 is 0 Å². The lowest BCUT2D eigenvalue weighted by Crippen LogP contribution is -2.42. The van der Waals surface area contributed by atoms with Crippen LogP contribution in [0.2, 0.25) is 0 Å². The summed E-state index contributed by atoms with van der Waals surface area (Å²) in [5.41, 5.74) is 4.01. The molecule has 2 aromatic carbocycles. The Kier molecular flexibility index (Phi) is 5.24. The van der Waals surface area contributed by atoms with Crippen LogP contribution < -0.4 is 0 Å². The van der Waals surface area contributed by atoms with Crippen LogP contribution in [0.1, 0.15) is 24.3 Å². The maximum atomic E-state index is 13.0. The molecule has 1 saturated heterocycles. The van der Waals surface area contributed by atoms with Gasteiger partial charge in [0.05, 0.1) is 17.4 Å². The first-order valence-corrected chi connectivity index (χ1v) is 10.7. The van der Waals surface area contributed by atoms with Crippen molar-refractivity contribution in [1.29, 1.82) is 0 Å². The van der Waals surface area contributed by atoms with Crippen molar-refractivity contribution in [2.24, 2.45) is 5.92 Å². The highest BCUT2D eigenvalue weighted by molar-refractivity contribution is 5.80. The lowest BCUT2D eigenvalue weighted by molar-refractivity contribution is -0.133. The molecule has 4 aromatic rings. The number of nitrogens with zero attached hydrogens (tertiary/aromatic N) is 5. The second-order valence-electron chi connectivity index (χ2n) is 8.24. The van der Waals surface area contributed by atoms with Crippen molar-refractivity contribution in [3.8, 4) is 11.4 Å². The van der Waals surface area contributed by atoms with E-state index in [9.17, 15) is 4.79 Å². The molecule has 1 unspecified atom stereocenters. The molecule has 0 saturated carbocycles. The first-order chi connectivity index (χ1) is 15.2. The number of rotatable bonds is 5. The molecule has 1 atom stereocenters. The van der Waals surface area contributed by atoms with Crippen LogP contribution in [0.4, 0.5) is 0 Å². The van der Waals surface area contributed by atoms with Crippen molar-refractivity contribution in [1.82, 2.24) is 24.6 Å². The Hall–Kier alpha value is -3.48. The van der Waals surface area contributed by atoms with Crippen molar-refractivity contribution in [2.45, 2.75) is 32.7 Å². The Balaban J connectivity index is 1.23. The number of carbonyl (C=O) groups excluding carboxylic acids is 1. The molecule has 0 aliphatic carbocycles. The molecule has 31 heavy (non-hydrogen) atoms. The van der Waals surface area contributed by atoms with Gasteiger partial charge in [-0.25, -0.2) is 4.98 Å². The first-order valence-electron chi connectivity index (χ1n) is 10.7. The zero-order valence-corrected chi connectivity index (χ0v) is 17.6. The molecule has 7 nitrogen and oxygen atoms in total. The molecule has 7 heteroatoms. The Labute approximate surface area is 180 Å². The van der Waals surface area contributed by atoms with Crippen LogP contribution in [-0.2, 0) is 17.8 Å². The van der Waals surface area contributed by atoms with Gasteiger partial charge in [0, 0.05) is 25.1 Å². The van der Waals surface area contributed by atoms with Crippen LogP contribution in [0.15, 0.2) is 59.4 Å². The standard InChI is InChI=1S/C24H25N5O2/c1-17-7-2-3-9-19(17)24-26-22(31-27-24)13-18-8-6-12-28(14-18)23(30)15-29-16-25-20-10-4-5-11-21(20)29/h2-5,7,9-11,16,18H,6,8,12-15H2,1H3. The van der Waals surface area contributed by atoms with Crippen molar-refractivity contribution in [3.63, 3.8) is 0 Å². The summed E-state index contributed by atoms with van der Waals surface area (Å²) < 4.78 is 7.45. The van der Waals surface area contributed by atoms with Crippen molar-refractivity contribution < 1.29 is 9.32 Å². The number of aromatic nitrogens is 4. The molecule has 1 fully saturated rings. The summed E-state index contributed by atoms with van der Waals surface area (Å²) in [5.74, 6) is 1.71. The number of hydrogen-bond acceptors (Lipinski definition) is 5. The van der Waals surface area contributed by atoms with E-state index in [1.165, 1.54) is 0 Å². The lowest BCUT2D eigenvalue weighted by Gasteiger charge is -2.32. The van der Waals surface area contributed by atoms with Gasteiger partial charge in [0.2, 0.25) is 17.6 Å². The Morgan fingerprint density at radius 2 is 2.00 bits per heavy atom. The van der Waals surface area contributed by atoms with Crippen molar-refractivity contribution in [3.05, 3.63) is 66.3 Å². The number of imidazole rings is 1. The van der Waals surface area contributed by atoms with E-state index in [-0.39, 0.29) is 5.91 Å². The third-order valence-corrected chi connectivity index (χ3v) is 6.02. The van der Waals surface area contributed by atoms with Gasteiger partial charge < -0.3 is 14.0 Å². The topological polar surface area (TPSA) is 77.0 Å². The van der Waals surface area contributed by atoms with E-state index in [0.717, 1.165) is 41.5 Å². The Morgan fingerprint density at radius 1 is 1.16 bits per heavy atom. The molecule has 5 rings (SSSR count). The summed E-state index contributed by atoms with van der Waals surface area (Å²) in [6.45, 7) is 3.86. The molecule has 0 radical (unpaired) electrons. The van der Waals surface area contributed by atoms with Gasteiger partial charge in [-0.2, -0.15) is 4.98 Å². The second kappa shape index (κ2) is 8.34. The molecular weight excluding hydrogens is 390 g/mol. The van der Waals surface area contributed by atoms with Gasteiger partial charge in [-0.3, -0.25) is 4.79 Å². The normalized spacial score (nSPS) is 16.7. The highest BCUT2D eigenvalue weighted by Gasteiger charge is 2.26. The SMILES string of the molecule is Cc1ccccc1-c1noc(CC2CCCN(C(=O)Cn3cnc4ccccc43)C2)n1. The fourth-order valence-corrected chi connectivity index (χ4v) is 4.36. The van der Waals surface area contributed by atoms with Gasteiger partial charge in [0.1, 0.15) is 6.54 Å². The van der Waals surface area contributed by atoms with Crippen LogP contribution in [0.5, 0.6) is 0 Å². The summed E-state index contributed by atoms with van der Waals surface area (Å²) in [6.07, 6.45) is 4.48. The monoisotopic (exact) mass is 415 g/mol. The minimum absolute atomic E-state index is 0.124. The largest absolute Gasteiger partial charge is 0.341 e. The van der Waals surface area contributed by atoms with Gasteiger partial charge in [0.25, 0.3) is 0 Å². The minimum Gasteiger partial charge on any atom is -0.341 e. The molecule has 0 spiro atoms. The van der Waals surface area contributed by atoms with Crippen molar-refractivity contribution >= 4 is 16.9 Å². The zero-order chi connectivity index (χ0) is 21.2. The molecule has 1 aliphatic heterocycles. The van der Waals surface area contributed by atoms with Gasteiger partial charge in [-0.05, 0) is 43.4 Å². The van der Waals surface area contributed by atoms with Crippen molar-refractivity contribution in [2.75, 3.05) is 13.1 Å². The first kappa shape index (κ1) is 19.5. The van der Waals surface area contributed by atoms with Gasteiger partial charge in [0.15, 0.2) is 0 Å². The van der Waals surface area contributed by atoms with Crippen LogP contribution in [0.25, 0.3) is 22.4 Å². The third kappa shape index (κ3) is 4.08. The molecule has 0 N–H and O–H groups in total. The van der Waals surface area contributed by atoms with Gasteiger partial charge in [-0.1, -0.05) is 41.6 Å². The summed E-state index contributed by atoms with van der Waals surface area (Å²) in [5, 5.41) is 4.17. The maximum Gasteiger partial charge on any atom is 0.242 e. The average molecular weight is 415 g/mol. The number of amides is 1. The van der Waals surface area contributed by atoms with E-state index in [0.29, 0.717) is 37.1 Å². The number of para-hydroxylation sites is 2. The molecule has 0 bridgehead atoms. The number of benzene rings is 2. The third-order valence-electron chi connectivity index (χ3n) is 6.02. The van der Waals surface area contributed by atoms with E-state index in [1.54, 1.807) is 6.33 Å². The number of piperidine rings is 1. The van der Waals surface area contributed by atoms with Crippen LogP contribution in [-0.4, -0.2) is 43.6 Å². The number of fused-ring (bicyclic) bond motifs is 1. The van der Waals surface area contributed by atoms with E-state index in [2.05, 4.69) is 15.1 Å². The quantitative estimate of drug-likeness (QED) is 0.494. The van der Waals surface area contributed by atoms with Gasteiger partial charge in [-0.15, -0.1) is 0 Å². The fraction of sp³-hybridized carbons (Fsp3) is 0.333. The number of likely N-dealkylation sites (tertiary alicyclic amines) is 1. The molecule has 3 heterocycles. The highest BCUT2D eigenvalue weighted by atomic mass is 16.5. The predicted molar refractivity (Wildman–Crippen MR) is 117 cm³/mol. The molecule has 1 aliphatic rings. The predicted octanol–water partition coefficient (Wildman–Crippen LogP) is 3.88. The van der Waals surface area contributed by atoms with E-state index < -0.39 is 0 Å². The molecular formula is C24H25N5O2. The summed E-state index contributed by atoms with van der Waals surface area (Å²) in [4.78, 5) is 23.9. The lowest BCUT2D eigenvalue weighted by atomic mass is 9.94. The smallest absolute Gasteiger partial charge is 0.242 e. The zero-order valence-electron chi connectivity index (χ0n) is 17.6.